The molecule has 1 heterocycles. The van der Waals surface area contributed by atoms with Crippen molar-refractivity contribution in [3.8, 4) is 0 Å². The van der Waals surface area contributed by atoms with Crippen molar-refractivity contribution in [2.45, 2.75) is 38.2 Å². The van der Waals surface area contributed by atoms with E-state index in [-0.39, 0.29) is 18.6 Å². The van der Waals surface area contributed by atoms with Gasteiger partial charge in [0.15, 0.2) is 0 Å². The van der Waals surface area contributed by atoms with Crippen molar-refractivity contribution in [3.63, 3.8) is 0 Å². The smallest absolute Gasteiger partial charge is 0.308 e. The number of ether oxygens (including phenoxy) is 1. The topological polar surface area (TPSA) is 66.8 Å². The Morgan fingerprint density at radius 3 is 2.53 bits per heavy atom. The summed E-state index contributed by atoms with van der Waals surface area (Å²) in [5.41, 5.74) is 0. The Morgan fingerprint density at radius 1 is 1.24 bits per heavy atom. The number of hydrogen-bond donors (Lipinski definition) is 1. The van der Waals surface area contributed by atoms with Crippen LogP contribution in [0.2, 0.25) is 0 Å². The maximum absolute atomic E-state index is 11.8. The maximum Gasteiger partial charge on any atom is 0.308 e. The van der Waals surface area contributed by atoms with Gasteiger partial charge < -0.3 is 14.7 Å². The number of amides is 1. The van der Waals surface area contributed by atoms with Crippen molar-refractivity contribution in [2.75, 3.05) is 19.7 Å². The molecule has 1 amide bonds. The molecular weight excluding hydrogens is 222 g/mol. The molecule has 1 N–H and O–H groups in total. The number of likely N-dealkylation sites (tertiary alicyclic amines) is 1. The van der Waals surface area contributed by atoms with Gasteiger partial charge in [-0.1, -0.05) is 12.8 Å². The molecule has 1 saturated heterocycles. The standard InChI is InChI=1S/C12H19NO4/c14-11(8-17-10-3-1-2-4-10)13-6-5-9(7-13)12(15)16/h9-10H,1-8H2,(H,15,16). The Morgan fingerprint density at radius 2 is 1.94 bits per heavy atom. The Labute approximate surface area is 101 Å². The minimum Gasteiger partial charge on any atom is -0.481 e. The number of nitrogens with zero attached hydrogens (tertiary/aromatic N) is 1. The zero-order valence-electron chi connectivity index (χ0n) is 9.93. The van der Waals surface area contributed by atoms with Crippen molar-refractivity contribution < 1.29 is 19.4 Å². The van der Waals surface area contributed by atoms with Crippen LogP contribution in [-0.2, 0) is 14.3 Å². The van der Waals surface area contributed by atoms with Gasteiger partial charge in [-0.15, -0.1) is 0 Å². The molecule has 1 unspecified atom stereocenters. The van der Waals surface area contributed by atoms with Crippen molar-refractivity contribution in [3.05, 3.63) is 0 Å². The van der Waals surface area contributed by atoms with Crippen LogP contribution >= 0.6 is 0 Å². The van der Waals surface area contributed by atoms with Gasteiger partial charge in [-0.25, -0.2) is 0 Å². The molecule has 2 fully saturated rings. The maximum atomic E-state index is 11.8. The fraction of sp³-hybridized carbons (Fsp3) is 0.833. The van der Waals surface area contributed by atoms with E-state index in [0.717, 1.165) is 12.8 Å². The predicted octanol–water partition coefficient (Wildman–Crippen LogP) is 0.879. The van der Waals surface area contributed by atoms with E-state index in [0.29, 0.717) is 19.5 Å². The van der Waals surface area contributed by atoms with Gasteiger partial charge in [0.2, 0.25) is 5.91 Å². The molecule has 1 aliphatic heterocycles. The zero-order chi connectivity index (χ0) is 12.3. The molecule has 0 spiro atoms. The van der Waals surface area contributed by atoms with E-state index in [9.17, 15) is 9.59 Å². The van der Waals surface area contributed by atoms with Crippen molar-refractivity contribution in [1.29, 1.82) is 0 Å². The molecule has 2 rings (SSSR count). The van der Waals surface area contributed by atoms with E-state index < -0.39 is 11.9 Å². The third kappa shape index (κ3) is 3.19. The van der Waals surface area contributed by atoms with E-state index in [1.54, 1.807) is 4.90 Å². The first-order valence-electron chi connectivity index (χ1n) is 6.29. The lowest BCUT2D eigenvalue weighted by Crippen LogP contribution is -2.33. The van der Waals surface area contributed by atoms with Crippen molar-refractivity contribution >= 4 is 11.9 Å². The van der Waals surface area contributed by atoms with Crippen molar-refractivity contribution in [2.24, 2.45) is 5.92 Å². The zero-order valence-corrected chi connectivity index (χ0v) is 9.93. The van der Waals surface area contributed by atoms with Crippen LogP contribution in [0.1, 0.15) is 32.1 Å². The summed E-state index contributed by atoms with van der Waals surface area (Å²) in [6.07, 6.45) is 5.25. The monoisotopic (exact) mass is 241 g/mol. The van der Waals surface area contributed by atoms with Crippen LogP contribution in [0.5, 0.6) is 0 Å². The van der Waals surface area contributed by atoms with Crippen LogP contribution in [0.25, 0.3) is 0 Å². The second kappa shape index (κ2) is 5.49. The van der Waals surface area contributed by atoms with E-state index in [2.05, 4.69) is 0 Å². The second-order valence-corrected chi connectivity index (χ2v) is 4.88. The summed E-state index contributed by atoms with van der Waals surface area (Å²) in [6.45, 7) is 0.989. The summed E-state index contributed by atoms with van der Waals surface area (Å²) in [7, 11) is 0. The Balaban J connectivity index is 1.71. The highest BCUT2D eigenvalue weighted by atomic mass is 16.5. The average Bonchev–Trinajstić information content (AvgIpc) is 2.96. The Bertz CT molecular complexity index is 299. The number of aliphatic carboxylic acids is 1. The SMILES string of the molecule is O=C(O)C1CCN(C(=O)COC2CCCC2)C1. The Hall–Kier alpha value is -1.10. The van der Waals surface area contributed by atoms with Crippen LogP contribution in [-0.4, -0.2) is 47.7 Å². The summed E-state index contributed by atoms with van der Waals surface area (Å²) >= 11 is 0. The molecule has 0 bridgehead atoms. The van der Waals surface area contributed by atoms with Crippen LogP contribution in [0.4, 0.5) is 0 Å². The van der Waals surface area contributed by atoms with Crippen molar-refractivity contribution in [1.82, 2.24) is 4.90 Å². The van der Waals surface area contributed by atoms with Gasteiger partial charge in [-0.3, -0.25) is 9.59 Å². The lowest BCUT2D eigenvalue weighted by atomic mass is 10.1. The highest BCUT2D eigenvalue weighted by Crippen LogP contribution is 2.21. The molecule has 1 atom stereocenters. The first-order chi connectivity index (χ1) is 8.16. The second-order valence-electron chi connectivity index (χ2n) is 4.88. The minimum absolute atomic E-state index is 0.0688. The summed E-state index contributed by atoms with van der Waals surface area (Å²) in [4.78, 5) is 24.2. The van der Waals surface area contributed by atoms with Gasteiger partial charge in [-0.2, -0.15) is 0 Å². The lowest BCUT2D eigenvalue weighted by Gasteiger charge is -2.17. The van der Waals surface area contributed by atoms with Gasteiger partial charge in [0.1, 0.15) is 6.61 Å². The van der Waals surface area contributed by atoms with Gasteiger partial charge >= 0.3 is 5.97 Å². The third-order valence-corrected chi connectivity index (χ3v) is 3.63. The minimum atomic E-state index is -0.808. The van der Waals surface area contributed by atoms with E-state index in [1.807, 2.05) is 0 Å². The molecule has 5 heteroatoms. The van der Waals surface area contributed by atoms with Gasteiger partial charge in [0.05, 0.1) is 12.0 Å². The average molecular weight is 241 g/mol. The largest absolute Gasteiger partial charge is 0.481 e. The molecule has 2 aliphatic rings. The number of rotatable bonds is 4. The van der Waals surface area contributed by atoms with Crippen LogP contribution in [0, 0.1) is 5.92 Å². The number of carboxylic acid groups (broad SMARTS) is 1. The summed E-state index contributed by atoms with van der Waals surface area (Å²) < 4.78 is 5.53. The fourth-order valence-corrected chi connectivity index (χ4v) is 2.52. The first kappa shape index (κ1) is 12.4. The number of hydrogen-bond acceptors (Lipinski definition) is 3. The molecule has 17 heavy (non-hydrogen) atoms. The van der Waals surface area contributed by atoms with E-state index in [1.165, 1.54) is 12.8 Å². The van der Waals surface area contributed by atoms with E-state index >= 15 is 0 Å². The molecule has 1 aliphatic carbocycles. The van der Waals surface area contributed by atoms with Gasteiger partial charge in [0, 0.05) is 13.1 Å². The third-order valence-electron chi connectivity index (χ3n) is 3.63. The summed E-state index contributed by atoms with van der Waals surface area (Å²) in [6, 6.07) is 0. The van der Waals surface area contributed by atoms with Crippen LogP contribution in [0.3, 0.4) is 0 Å². The van der Waals surface area contributed by atoms with E-state index in [4.69, 9.17) is 9.84 Å². The van der Waals surface area contributed by atoms with Crippen LogP contribution in [0.15, 0.2) is 0 Å². The molecule has 0 aromatic carbocycles. The quantitative estimate of drug-likeness (QED) is 0.793. The fourth-order valence-electron chi connectivity index (χ4n) is 2.52. The Kier molecular flexibility index (Phi) is 3.99. The lowest BCUT2D eigenvalue weighted by molar-refractivity contribution is -0.142. The summed E-state index contributed by atoms with van der Waals surface area (Å²) in [5, 5.41) is 8.85. The molecular formula is C12H19NO4. The molecule has 0 radical (unpaired) electrons. The molecule has 0 aromatic rings. The number of carboxylic acids is 1. The van der Waals surface area contributed by atoms with Crippen LogP contribution < -0.4 is 0 Å². The highest BCUT2D eigenvalue weighted by Gasteiger charge is 2.31. The molecule has 1 saturated carbocycles. The number of carbonyl (C=O) groups is 2. The highest BCUT2D eigenvalue weighted by molar-refractivity contribution is 5.79. The molecule has 5 nitrogen and oxygen atoms in total. The summed E-state index contributed by atoms with van der Waals surface area (Å²) in [5.74, 6) is -1.27. The molecule has 96 valence electrons. The van der Waals surface area contributed by atoms with Gasteiger partial charge in [0.25, 0.3) is 0 Å². The molecule has 0 aromatic heterocycles. The normalized spacial score (nSPS) is 25.4. The van der Waals surface area contributed by atoms with Gasteiger partial charge in [-0.05, 0) is 19.3 Å². The predicted molar refractivity (Wildman–Crippen MR) is 60.5 cm³/mol. The first-order valence-corrected chi connectivity index (χ1v) is 6.29. The number of carbonyl (C=O) groups excluding carboxylic acids is 1.